The van der Waals surface area contributed by atoms with Crippen molar-refractivity contribution < 1.29 is 14.6 Å². The molecule has 0 aliphatic carbocycles. The average molecular weight is 275 g/mol. The lowest BCUT2D eigenvalue weighted by molar-refractivity contribution is 0.0697. The van der Waals surface area contributed by atoms with Crippen molar-refractivity contribution in [3.63, 3.8) is 0 Å². The second-order valence-electron chi connectivity index (χ2n) is 4.61. The fourth-order valence-electron chi connectivity index (χ4n) is 2.42. The van der Waals surface area contributed by atoms with E-state index in [9.17, 15) is 14.7 Å². The van der Waals surface area contributed by atoms with Gasteiger partial charge in [0.25, 0.3) is 5.56 Å². The molecule has 0 saturated heterocycles. The molecular weight excluding hydrogens is 258 g/mol. The van der Waals surface area contributed by atoms with E-state index in [4.69, 9.17) is 4.74 Å². The van der Waals surface area contributed by atoms with Crippen LogP contribution < -0.4 is 5.56 Å². The van der Waals surface area contributed by atoms with Crippen LogP contribution in [0.2, 0.25) is 0 Å². The number of hydrogen-bond donors (Lipinski definition) is 1. The minimum absolute atomic E-state index is 0.154. The molecule has 106 valence electrons. The zero-order chi connectivity index (χ0) is 14.7. The molecule has 0 unspecified atom stereocenters. The molecule has 5 heteroatoms. The molecular formula is C15H17NO4. The van der Waals surface area contributed by atoms with E-state index >= 15 is 0 Å². The summed E-state index contributed by atoms with van der Waals surface area (Å²) in [5, 5.41) is 10.3. The van der Waals surface area contributed by atoms with Crippen molar-refractivity contribution in [3.8, 4) is 0 Å². The lowest BCUT2D eigenvalue weighted by Crippen LogP contribution is -2.26. The number of aromatic nitrogens is 1. The SMILES string of the molecule is COCCCn1c(C)c(C(=O)O)c2ccccc2c1=O. The third-order valence-electron chi connectivity index (χ3n) is 3.38. The molecule has 0 fully saturated rings. The van der Waals surface area contributed by atoms with E-state index in [0.29, 0.717) is 36.0 Å². The Morgan fingerprint density at radius 2 is 1.95 bits per heavy atom. The second kappa shape index (κ2) is 5.88. The van der Waals surface area contributed by atoms with Crippen molar-refractivity contribution in [1.82, 2.24) is 4.57 Å². The van der Waals surface area contributed by atoms with Gasteiger partial charge in [-0.2, -0.15) is 0 Å². The summed E-state index contributed by atoms with van der Waals surface area (Å²) in [6, 6.07) is 6.82. The number of carboxylic acid groups (broad SMARTS) is 1. The van der Waals surface area contributed by atoms with Crippen LogP contribution in [0.5, 0.6) is 0 Å². The summed E-state index contributed by atoms with van der Waals surface area (Å²) in [6.07, 6.45) is 0.661. The van der Waals surface area contributed by atoms with E-state index in [2.05, 4.69) is 0 Å². The Hall–Kier alpha value is -2.14. The van der Waals surface area contributed by atoms with Crippen LogP contribution >= 0.6 is 0 Å². The van der Waals surface area contributed by atoms with Gasteiger partial charge in [0.15, 0.2) is 0 Å². The van der Waals surface area contributed by atoms with Gasteiger partial charge >= 0.3 is 5.97 Å². The maximum absolute atomic E-state index is 12.4. The van der Waals surface area contributed by atoms with Crippen molar-refractivity contribution in [2.75, 3.05) is 13.7 Å². The molecule has 0 aliphatic heterocycles. The van der Waals surface area contributed by atoms with Crippen LogP contribution in [-0.2, 0) is 11.3 Å². The molecule has 5 nitrogen and oxygen atoms in total. The largest absolute Gasteiger partial charge is 0.478 e. The van der Waals surface area contributed by atoms with E-state index < -0.39 is 5.97 Å². The minimum Gasteiger partial charge on any atom is -0.478 e. The summed E-state index contributed by atoms with van der Waals surface area (Å²) < 4.78 is 6.50. The summed E-state index contributed by atoms with van der Waals surface area (Å²) >= 11 is 0. The predicted octanol–water partition coefficient (Wildman–Crippen LogP) is 2.04. The maximum atomic E-state index is 12.4. The first kappa shape index (κ1) is 14.3. The standard InChI is InChI=1S/C15H17NO4/c1-10-13(15(18)19)11-6-3-4-7-12(11)14(17)16(10)8-5-9-20-2/h3-4,6-7H,5,8-9H2,1-2H3,(H,18,19). The van der Waals surface area contributed by atoms with Gasteiger partial charge in [-0.05, 0) is 19.4 Å². The smallest absolute Gasteiger partial charge is 0.338 e. The Kier molecular flexibility index (Phi) is 4.20. The van der Waals surface area contributed by atoms with Crippen molar-refractivity contribution in [1.29, 1.82) is 0 Å². The first-order valence-corrected chi connectivity index (χ1v) is 6.42. The fourth-order valence-corrected chi connectivity index (χ4v) is 2.42. The zero-order valence-electron chi connectivity index (χ0n) is 11.5. The minimum atomic E-state index is -1.01. The molecule has 2 aromatic rings. The molecule has 0 radical (unpaired) electrons. The number of aromatic carboxylic acids is 1. The molecule has 1 aromatic heterocycles. The van der Waals surface area contributed by atoms with E-state index in [1.54, 1.807) is 38.3 Å². The topological polar surface area (TPSA) is 68.5 Å². The van der Waals surface area contributed by atoms with Crippen LogP contribution in [-0.4, -0.2) is 29.4 Å². The quantitative estimate of drug-likeness (QED) is 0.848. The molecule has 1 aromatic carbocycles. The van der Waals surface area contributed by atoms with Gasteiger partial charge in [-0.3, -0.25) is 4.79 Å². The van der Waals surface area contributed by atoms with Crippen molar-refractivity contribution in [2.24, 2.45) is 0 Å². The number of nitrogens with zero attached hydrogens (tertiary/aromatic N) is 1. The van der Waals surface area contributed by atoms with Crippen LogP contribution in [0.4, 0.5) is 0 Å². The number of benzene rings is 1. The Balaban J connectivity index is 2.69. The molecule has 0 bridgehead atoms. The van der Waals surface area contributed by atoms with Crippen LogP contribution in [0.25, 0.3) is 10.8 Å². The molecule has 0 atom stereocenters. The van der Waals surface area contributed by atoms with E-state index in [1.807, 2.05) is 0 Å². The number of pyridine rings is 1. The number of rotatable bonds is 5. The molecule has 1 N–H and O–H groups in total. The highest BCUT2D eigenvalue weighted by molar-refractivity contribution is 6.04. The van der Waals surface area contributed by atoms with Gasteiger partial charge in [-0.1, -0.05) is 18.2 Å². The monoisotopic (exact) mass is 275 g/mol. The third kappa shape index (κ3) is 2.44. The summed E-state index contributed by atoms with van der Waals surface area (Å²) in [6.45, 7) is 2.65. The van der Waals surface area contributed by atoms with Gasteiger partial charge in [0.1, 0.15) is 0 Å². The Labute approximate surface area is 116 Å². The van der Waals surface area contributed by atoms with Crippen LogP contribution in [0, 0.1) is 6.92 Å². The molecule has 2 rings (SSSR count). The first-order valence-electron chi connectivity index (χ1n) is 6.42. The van der Waals surface area contributed by atoms with Gasteiger partial charge in [0.2, 0.25) is 0 Å². The molecule has 0 aliphatic rings. The van der Waals surface area contributed by atoms with Crippen molar-refractivity contribution in [2.45, 2.75) is 19.9 Å². The van der Waals surface area contributed by atoms with E-state index in [-0.39, 0.29) is 11.1 Å². The summed E-state index contributed by atoms with van der Waals surface area (Å²) in [7, 11) is 1.60. The predicted molar refractivity (Wildman–Crippen MR) is 76.4 cm³/mol. The Morgan fingerprint density at radius 3 is 2.55 bits per heavy atom. The number of carbonyl (C=O) groups is 1. The van der Waals surface area contributed by atoms with Crippen LogP contribution in [0.1, 0.15) is 22.5 Å². The van der Waals surface area contributed by atoms with Gasteiger partial charge in [-0.25, -0.2) is 4.79 Å². The number of methoxy groups -OCH3 is 1. The van der Waals surface area contributed by atoms with Crippen LogP contribution in [0.15, 0.2) is 29.1 Å². The fraction of sp³-hybridized carbons (Fsp3) is 0.333. The van der Waals surface area contributed by atoms with Gasteiger partial charge in [0, 0.05) is 36.7 Å². The third-order valence-corrected chi connectivity index (χ3v) is 3.38. The number of carboxylic acids is 1. The number of fused-ring (bicyclic) bond motifs is 1. The average Bonchev–Trinajstić information content (AvgIpc) is 2.42. The highest BCUT2D eigenvalue weighted by Gasteiger charge is 2.17. The Bertz CT molecular complexity index is 703. The zero-order valence-corrected chi connectivity index (χ0v) is 11.5. The summed E-state index contributed by atoms with van der Waals surface area (Å²) in [4.78, 5) is 23.9. The summed E-state index contributed by atoms with van der Waals surface area (Å²) in [5.74, 6) is -1.01. The number of ether oxygens (including phenoxy) is 1. The van der Waals surface area contributed by atoms with Crippen molar-refractivity contribution >= 4 is 16.7 Å². The normalized spacial score (nSPS) is 10.9. The highest BCUT2D eigenvalue weighted by Crippen LogP contribution is 2.19. The summed E-state index contributed by atoms with van der Waals surface area (Å²) in [5.41, 5.74) is 0.522. The lowest BCUT2D eigenvalue weighted by Gasteiger charge is -2.14. The molecule has 1 heterocycles. The van der Waals surface area contributed by atoms with E-state index in [0.717, 1.165) is 0 Å². The molecule has 0 saturated carbocycles. The maximum Gasteiger partial charge on any atom is 0.338 e. The van der Waals surface area contributed by atoms with Gasteiger partial charge in [0.05, 0.1) is 5.56 Å². The lowest BCUT2D eigenvalue weighted by atomic mass is 10.0. The highest BCUT2D eigenvalue weighted by atomic mass is 16.5. The molecule has 20 heavy (non-hydrogen) atoms. The Morgan fingerprint density at radius 1 is 1.30 bits per heavy atom. The molecule has 0 spiro atoms. The first-order chi connectivity index (χ1) is 9.57. The molecule has 0 amide bonds. The van der Waals surface area contributed by atoms with Gasteiger partial charge in [-0.15, -0.1) is 0 Å². The van der Waals surface area contributed by atoms with Crippen molar-refractivity contribution in [3.05, 3.63) is 45.9 Å². The second-order valence-corrected chi connectivity index (χ2v) is 4.61. The number of hydrogen-bond acceptors (Lipinski definition) is 3. The van der Waals surface area contributed by atoms with Gasteiger partial charge < -0.3 is 14.4 Å². The van der Waals surface area contributed by atoms with Crippen LogP contribution in [0.3, 0.4) is 0 Å². The van der Waals surface area contributed by atoms with E-state index in [1.165, 1.54) is 4.57 Å².